The maximum absolute atomic E-state index is 13.2. The molecule has 0 N–H and O–H groups in total. The van der Waals surface area contributed by atoms with Crippen LogP contribution in [0.1, 0.15) is 13.3 Å². The fourth-order valence-electron chi connectivity index (χ4n) is 1.89. The first kappa shape index (κ1) is 17.4. The smallest absolute Gasteiger partial charge is 0.319 e. The van der Waals surface area contributed by atoms with Gasteiger partial charge in [-0.2, -0.15) is 0 Å². The minimum Gasteiger partial charge on any atom is -0.469 e. The van der Waals surface area contributed by atoms with E-state index in [1.165, 1.54) is 14.2 Å². The second kappa shape index (κ2) is 7.96. The zero-order valence-electron chi connectivity index (χ0n) is 12.3. The molecule has 1 aromatic rings. The van der Waals surface area contributed by atoms with E-state index in [1.54, 1.807) is 37.3 Å². The summed E-state index contributed by atoms with van der Waals surface area (Å²) in [5, 5.41) is 0.367. The van der Waals surface area contributed by atoms with Gasteiger partial charge in [0, 0.05) is 5.30 Å². The number of ether oxygens (including phenoxy) is 2. The molecule has 0 fully saturated rings. The van der Waals surface area contributed by atoms with Crippen LogP contribution in [0.4, 0.5) is 0 Å². The first-order valence-electron chi connectivity index (χ1n) is 6.44. The molecule has 0 heterocycles. The van der Waals surface area contributed by atoms with Crippen molar-refractivity contribution in [2.75, 3.05) is 20.8 Å². The van der Waals surface area contributed by atoms with Gasteiger partial charge in [-0.25, -0.2) is 0 Å². The molecule has 0 spiro atoms. The molecule has 6 nitrogen and oxygen atoms in total. The van der Waals surface area contributed by atoms with Gasteiger partial charge in [-0.1, -0.05) is 18.2 Å². The average molecular weight is 314 g/mol. The van der Waals surface area contributed by atoms with Crippen molar-refractivity contribution < 1.29 is 28.2 Å². The summed E-state index contributed by atoms with van der Waals surface area (Å²) < 4.78 is 27.9. The van der Waals surface area contributed by atoms with Crippen molar-refractivity contribution in [1.29, 1.82) is 0 Å². The lowest BCUT2D eigenvalue weighted by molar-refractivity contribution is -0.147. The van der Waals surface area contributed by atoms with Gasteiger partial charge >= 0.3 is 11.9 Å². The van der Waals surface area contributed by atoms with Crippen LogP contribution in [0, 0.1) is 0 Å². The summed E-state index contributed by atoms with van der Waals surface area (Å²) in [4.78, 5) is 23.5. The number of esters is 2. The Hall–Kier alpha value is -1.65. The molecule has 0 aliphatic rings. The van der Waals surface area contributed by atoms with Gasteiger partial charge in [0.05, 0.1) is 27.2 Å². The molecule has 0 aliphatic heterocycles. The molecule has 0 aromatic heterocycles. The number of rotatable bonds is 7. The standard InChI is InChI=1S/C14H19O6P/c1-4-20-21(17,11-8-6-5-7-9-11)12(14(16)19-3)10-13(15)18-2/h5-9,12H,4,10H2,1-3H3. The molecule has 1 aromatic carbocycles. The summed E-state index contributed by atoms with van der Waals surface area (Å²) in [6.45, 7) is 1.81. The molecule has 0 radical (unpaired) electrons. The van der Waals surface area contributed by atoms with Gasteiger partial charge in [-0.3, -0.25) is 14.2 Å². The molecule has 0 saturated heterocycles. The topological polar surface area (TPSA) is 78.9 Å². The summed E-state index contributed by atoms with van der Waals surface area (Å²) >= 11 is 0. The summed E-state index contributed by atoms with van der Waals surface area (Å²) in [5.74, 6) is -1.41. The first-order valence-corrected chi connectivity index (χ1v) is 8.13. The molecule has 0 aliphatic carbocycles. The van der Waals surface area contributed by atoms with Crippen LogP contribution in [0.2, 0.25) is 0 Å². The highest BCUT2D eigenvalue weighted by molar-refractivity contribution is 7.68. The Balaban J connectivity index is 3.28. The summed E-state index contributed by atoms with van der Waals surface area (Å²) in [6.07, 6.45) is -0.366. The third-order valence-corrected chi connectivity index (χ3v) is 5.78. The van der Waals surface area contributed by atoms with E-state index in [-0.39, 0.29) is 13.0 Å². The van der Waals surface area contributed by atoms with Crippen LogP contribution < -0.4 is 5.30 Å². The van der Waals surface area contributed by atoms with Crippen LogP contribution in [-0.4, -0.2) is 38.4 Å². The molecular formula is C14H19O6P. The molecular weight excluding hydrogens is 295 g/mol. The Morgan fingerprint density at radius 3 is 2.24 bits per heavy atom. The zero-order valence-corrected chi connectivity index (χ0v) is 13.2. The molecule has 0 amide bonds. The molecule has 2 atom stereocenters. The predicted molar refractivity (Wildman–Crippen MR) is 77.7 cm³/mol. The fourth-order valence-corrected chi connectivity index (χ4v) is 4.32. The molecule has 21 heavy (non-hydrogen) atoms. The molecule has 0 bridgehead atoms. The van der Waals surface area contributed by atoms with Crippen molar-refractivity contribution >= 4 is 24.6 Å². The van der Waals surface area contributed by atoms with E-state index in [9.17, 15) is 14.2 Å². The fraction of sp³-hybridized carbons (Fsp3) is 0.429. The van der Waals surface area contributed by atoms with Gasteiger partial charge < -0.3 is 14.0 Å². The van der Waals surface area contributed by atoms with Gasteiger partial charge in [-0.05, 0) is 19.1 Å². The largest absolute Gasteiger partial charge is 0.469 e. The Bertz CT molecular complexity index is 528. The summed E-state index contributed by atoms with van der Waals surface area (Å²) in [7, 11) is -1.22. The maximum Gasteiger partial charge on any atom is 0.319 e. The Labute approximate surface area is 123 Å². The number of carbonyl (C=O) groups excluding carboxylic acids is 2. The lowest BCUT2D eigenvalue weighted by Crippen LogP contribution is -2.31. The second-order valence-electron chi connectivity index (χ2n) is 4.17. The summed E-state index contributed by atoms with van der Waals surface area (Å²) in [6, 6.07) is 8.33. The number of methoxy groups -OCH3 is 2. The number of hydrogen-bond donors (Lipinski definition) is 0. The van der Waals surface area contributed by atoms with E-state index >= 15 is 0 Å². The van der Waals surface area contributed by atoms with Gasteiger partial charge in [0.15, 0.2) is 0 Å². The van der Waals surface area contributed by atoms with Crippen LogP contribution >= 0.6 is 7.37 Å². The average Bonchev–Trinajstić information content (AvgIpc) is 2.52. The van der Waals surface area contributed by atoms with Crippen LogP contribution in [0.3, 0.4) is 0 Å². The van der Waals surface area contributed by atoms with Crippen LogP contribution in [0.5, 0.6) is 0 Å². The number of hydrogen-bond acceptors (Lipinski definition) is 6. The van der Waals surface area contributed by atoms with Gasteiger partial charge in [0.2, 0.25) is 7.37 Å². The quantitative estimate of drug-likeness (QED) is 0.563. The van der Waals surface area contributed by atoms with Crippen molar-refractivity contribution in [2.45, 2.75) is 19.0 Å². The lowest BCUT2D eigenvalue weighted by Gasteiger charge is -2.25. The van der Waals surface area contributed by atoms with E-state index in [4.69, 9.17) is 4.52 Å². The van der Waals surface area contributed by atoms with Crippen molar-refractivity contribution in [3.8, 4) is 0 Å². The minimum atomic E-state index is -3.60. The van der Waals surface area contributed by atoms with Crippen LogP contribution in [0.25, 0.3) is 0 Å². The normalized spacial score (nSPS) is 14.8. The van der Waals surface area contributed by atoms with Crippen molar-refractivity contribution in [1.82, 2.24) is 0 Å². The van der Waals surface area contributed by atoms with Crippen LogP contribution in [0.15, 0.2) is 30.3 Å². The Morgan fingerprint density at radius 1 is 1.14 bits per heavy atom. The number of carbonyl (C=O) groups is 2. The van der Waals surface area contributed by atoms with Crippen molar-refractivity contribution in [3.63, 3.8) is 0 Å². The third-order valence-electron chi connectivity index (χ3n) is 2.91. The van der Waals surface area contributed by atoms with Crippen molar-refractivity contribution in [2.24, 2.45) is 0 Å². The third kappa shape index (κ3) is 4.16. The van der Waals surface area contributed by atoms with E-state index in [1.807, 2.05) is 0 Å². The second-order valence-corrected chi connectivity index (χ2v) is 6.76. The van der Waals surface area contributed by atoms with Crippen LogP contribution in [-0.2, 0) is 28.2 Å². The Morgan fingerprint density at radius 2 is 1.76 bits per heavy atom. The van der Waals surface area contributed by atoms with Gasteiger partial charge in [0.1, 0.15) is 5.66 Å². The monoisotopic (exact) mass is 314 g/mol. The molecule has 0 saturated carbocycles. The highest BCUT2D eigenvalue weighted by atomic mass is 31.2. The molecule has 1 rings (SSSR count). The van der Waals surface area contributed by atoms with Crippen molar-refractivity contribution in [3.05, 3.63) is 30.3 Å². The van der Waals surface area contributed by atoms with E-state index < -0.39 is 25.0 Å². The first-order chi connectivity index (χ1) is 9.99. The van der Waals surface area contributed by atoms with E-state index in [0.717, 1.165) is 0 Å². The van der Waals surface area contributed by atoms with E-state index in [0.29, 0.717) is 5.30 Å². The lowest BCUT2D eigenvalue weighted by atomic mass is 10.3. The Kier molecular flexibility index (Phi) is 6.59. The highest BCUT2D eigenvalue weighted by Crippen LogP contribution is 2.52. The zero-order chi connectivity index (χ0) is 15.9. The minimum absolute atomic E-state index is 0.140. The highest BCUT2D eigenvalue weighted by Gasteiger charge is 2.43. The maximum atomic E-state index is 13.2. The molecule has 2 unspecified atom stereocenters. The predicted octanol–water partition coefficient (Wildman–Crippen LogP) is 1.73. The van der Waals surface area contributed by atoms with Gasteiger partial charge in [-0.15, -0.1) is 0 Å². The summed E-state index contributed by atoms with van der Waals surface area (Å²) in [5.41, 5.74) is -1.22. The molecule has 7 heteroatoms. The SMILES string of the molecule is CCOP(=O)(c1ccccc1)C(CC(=O)OC)C(=O)OC. The number of benzene rings is 1. The van der Waals surface area contributed by atoms with Gasteiger partial charge in [0.25, 0.3) is 0 Å². The molecule has 116 valence electrons. The van der Waals surface area contributed by atoms with E-state index in [2.05, 4.69) is 9.47 Å².